The molecule has 0 aromatic heterocycles. The number of carbonyl (C=O) groups is 2. The lowest BCUT2D eigenvalue weighted by molar-refractivity contribution is -0.139. The summed E-state index contributed by atoms with van der Waals surface area (Å²) in [6, 6.07) is 12.0. The van der Waals surface area contributed by atoms with Gasteiger partial charge in [0.15, 0.2) is 0 Å². The van der Waals surface area contributed by atoms with Crippen LogP contribution in [0.5, 0.6) is 5.75 Å². The van der Waals surface area contributed by atoms with Crippen LogP contribution in [0.4, 0.5) is 13.6 Å². The van der Waals surface area contributed by atoms with Crippen molar-refractivity contribution in [3.63, 3.8) is 0 Å². The highest BCUT2D eigenvalue weighted by atomic mass is 35.5. The van der Waals surface area contributed by atoms with Gasteiger partial charge in [-0.25, -0.2) is 13.6 Å². The van der Waals surface area contributed by atoms with Gasteiger partial charge >= 0.3 is 12.1 Å². The summed E-state index contributed by atoms with van der Waals surface area (Å²) in [5.41, 5.74) is 3.10. The van der Waals surface area contributed by atoms with Crippen LogP contribution in [-0.2, 0) is 40.4 Å². The van der Waals surface area contributed by atoms with E-state index in [0.29, 0.717) is 45.2 Å². The Kier molecular flexibility index (Phi) is 8.25. The van der Waals surface area contributed by atoms with Crippen LogP contribution in [0.15, 0.2) is 48.5 Å². The average Bonchev–Trinajstić information content (AvgIpc) is 2.85. The smallest absolute Gasteiger partial charge is 0.493 e. The molecule has 1 aliphatic heterocycles. The fourth-order valence-electron chi connectivity index (χ4n) is 4.21. The van der Waals surface area contributed by atoms with E-state index in [1.165, 1.54) is 29.3 Å². The van der Waals surface area contributed by atoms with Crippen molar-refractivity contribution in [1.29, 1.82) is 0 Å². The van der Waals surface area contributed by atoms with Gasteiger partial charge in [-0.05, 0) is 65.9 Å². The molecule has 0 atom stereocenters. The highest BCUT2D eigenvalue weighted by Crippen LogP contribution is 2.38. The number of carbonyl (C=O) groups excluding carboxylic acids is 1. The number of hydrogen-bond acceptors (Lipinski definition) is 6. The second-order valence-electron chi connectivity index (χ2n) is 8.37. The quantitative estimate of drug-likeness (QED) is 0.360. The summed E-state index contributed by atoms with van der Waals surface area (Å²) in [5.74, 6) is -1.44. The maximum Gasteiger partial charge on any atom is 0.528 e. The van der Waals surface area contributed by atoms with E-state index >= 15 is 0 Å². The van der Waals surface area contributed by atoms with Crippen molar-refractivity contribution in [3.05, 3.63) is 87.4 Å². The highest BCUT2D eigenvalue weighted by Gasteiger charge is 2.27. The van der Waals surface area contributed by atoms with Gasteiger partial charge in [-0.3, -0.25) is 4.79 Å². The molecule has 1 heterocycles. The molecular weight excluding hydrogens is 508 g/mol. The first-order chi connectivity index (χ1) is 17.7. The number of hydroxylamine groups is 2. The molecule has 0 radical (unpaired) electrons. The molecular formula is C27H24ClF2NO6. The zero-order valence-electron chi connectivity index (χ0n) is 19.9. The molecule has 194 valence electrons. The van der Waals surface area contributed by atoms with Gasteiger partial charge in [0.1, 0.15) is 24.0 Å². The minimum Gasteiger partial charge on any atom is -0.493 e. The van der Waals surface area contributed by atoms with Gasteiger partial charge < -0.3 is 19.4 Å². The molecule has 0 unspecified atom stereocenters. The molecule has 0 spiro atoms. The van der Waals surface area contributed by atoms with Crippen molar-refractivity contribution in [1.82, 2.24) is 5.06 Å². The zero-order chi connectivity index (χ0) is 26.5. The molecule has 0 saturated carbocycles. The third-order valence-electron chi connectivity index (χ3n) is 5.87. The third-order valence-corrected chi connectivity index (χ3v) is 6.10. The van der Waals surface area contributed by atoms with E-state index < -0.39 is 17.9 Å². The summed E-state index contributed by atoms with van der Waals surface area (Å²) in [6.07, 6.45) is -0.925. The largest absolute Gasteiger partial charge is 0.528 e. The first-order valence-corrected chi connectivity index (χ1v) is 11.9. The van der Waals surface area contributed by atoms with E-state index in [9.17, 15) is 18.4 Å². The van der Waals surface area contributed by atoms with E-state index in [2.05, 4.69) is 0 Å². The number of nitrogens with zero attached hydrogens (tertiary/aromatic N) is 1. The van der Waals surface area contributed by atoms with Crippen LogP contribution in [0, 0.1) is 11.6 Å². The fraction of sp³-hybridized carbons (Fsp3) is 0.259. The molecule has 37 heavy (non-hydrogen) atoms. The zero-order valence-corrected chi connectivity index (χ0v) is 20.7. The lowest BCUT2D eigenvalue weighted by atomic mass is 9.90. The highest BCUT2D eigenvalue weighted by molar-refractivity contribution is 6.30. The van der Waals surface area contributed by atoms with Crippen LogP contribution in [-0.4, -0.2) is 35.4 Å². The lowest BCUT2D eigenvalue weighted by Gasteiger charge is -2.29. The molecule has 0 bridgehead atoms. The van der Waals surface area contributed by atoms with Crippen molar-refractivity contribution in [2.45, 2.75) is 32.9 Å². The van der Waals surface area contributed by atoms with Crippen LogP contribution in [0.3, 0.4) is 0 Å². The molecule has 4 rings (SSSR count). The fourth-order valence-corrected chi connectivity index (χ4v) is 4.40. The normalized spacial score (nSPS) is 13.1. The summed E-state index contributed by atoms with van der Waals surface area (Å²) >= 11 is 5.86. The van der Waals surface area contributed by atoms with Crippen molar-refractivity contribution in [2.75, 3.05) is 13.2 Å². The number of hydrogen-bond donors (Lipinski definition) is 1. The van der Waals surface area contributed by atoms with Crippen molar-refractivity contribution < 1.29 is 37.8 Å². The maximum atomic E-state index is 14.7. The van der Waals surface area contributed by atoms with Crippen molar-refractivity contribution >= 4 is 23.7 Å². The summed E-state index contributed by atoms with van der Waals surface area (Å²) in [7, 11) is 0. The summed E-state index contributed by atoms with van der Waals surface area (Å²) < 4.78 is 39.4. The molecule has 3 aromatic rings. The molecule has 10 heteroatoms. The standard InChI is InChI=1S/C27H24ClF2NO6/c1-2-35-25-11-16(12-26(32)33)3-5-21(25)19-6-8-24(30)20-9-10-31(14-22(19)20)37-27(34)36-15-17-13-18(28)4-7-23(17)29/h3-8,11,13H,2,9-10,12,14-15H2,1H3,(H,32,33). The van der Waals surface area contributed by atoms with E-state index in [0.717, 1.165) is 0 Å². The minimum absolute atomic E-state index is 0.0749. The van der Waals surface area contributed by atoms with Crippen LogP contribution in [0.1, 0.15) is 29.2 Å². The molecule has 3 aromatic carbocycles. The summed E-state index contributed by atoms with van der Waals surface area (Å²) in [6.45, 7) is 2.09. The number of rotatable bonds is 8. The molecule has 1 N–H and O–H groups in total. The SMILES string of the molecule is CCOc1cc(CC(=O)O)ccc1-c1ccc(F)c2c1CN(OC(=O)OCc1cc(Cl)ccc1F)CC2. The van der Waals surface area contributed by atoms with Crippen molar-refractivity contribution in [2.24, 2.45) is 0 Å². The second-order valence-corrected chi connectivity index (χ2v) is 8.80. The Morgan fingerprint density at radius 1 is 1.03 bits per heavy atom. The Morgan fingerprint density at radius 3 is 2.54 bits per heavy atom. The molecule has 0 aliphatic carbocycles. The van der Waals surface area contributed by atoms with E-state index in [1.807, 2.05) is 6.92 Å². The molecule has 7 nitrogen and oxygen atoms in total. The average molecular weight is 532 g/mol. The number of halogens is 3. The Balaban J connectivity index is 1.54. The first-order valence-electron chi connectivity index (χ1n) is 11.6. The first kappa shape index (κ1) is 26.4. The lowest BCUT2D eigenvalue weighted by Crippen LogP contribution is -2.34. The van der Waals surface area contributed by atoms with Gasteiger partial charge in [0.25, 0.3) is 0 Å². The van der Waals surface area contributed by atoms with Crippen LogP contribution in [0.2, 0.25) is 5.02 Å². The Morgan fingerprint density at radius 2 is 1.78 bits per heavy atom. The Hall–Kier alpha value is -3.69. The third kappa shape index (κ3) is 6.36. The molecule has 0 fully saturated rings. The van der Waals surface area contributed by atoms with Crippen molar-refractivity contribution in [3.8, 4) is 16.9 Å². The second kappa shape index (κ2) is 11.6. The molecule has 1 aliphatic rings. The van der Waals surface area contributed by atoms with Crippen LogP contribution in [0.25, 0.3) is 11.1 Å². The van der Waals surface area contributed by atoms with Crippen LogP contribution >= 0.6 is 11.6 Å². The minimum atomic E-state index is -1.03. The van der Waals surface area contributed by atoms with E-state index in [4.69, 9.17) is 31.0 Å². The van der Waals surface area contributed by atoms with Gasteiger partial charge in [0.05, 0.1) is 19.6 Å². The predicted molar refractivity (Wildman–Crippen MR) is 131 cm³/mol. The Labute approximate surface area is 217 Å². The topological polar surface area (TPSA) is 85.3 Å². The van der Waals surface area contributed by atoms with Gasteiger partial charge in [-0.15, -0.1) is 5.06 Å². The van der Waals surface area contributed by atoms with Gasteiger partial charge in [-0.2, -0.15) is 0 Å². The number of carboxylic acid groups (broad SMARTS) is 1. The summed E-state index contributed by atoms with van der Waals surface area (Å²) in [4.78, 5) is 28.7. The maximum absolute atomic E-state index is 14.7. The van der Waals surface area contributed by atoms with Gasteiger partial charge in [-0.1, -0.05) is 29.8 Å². The van der Waals surface area contributed by atoms with Gasteiger partial charge in [0.2, 0.25) is 0 Å². The monoisotopic (exact) mass is 531 g/mol. The van der Waals surface area contributed by atoms with E-state index in [1.54, 1.807) is 24.3 Å². The molecule has 0 saturated heterocycles. The number of benzene rings is 3. The van der Waals surface area contributed by atoms with E-state index in [-0.39, 0.29) is 43.9 Å². The number of aliphatic carboxylic acids is 1. The number of ether oxygens (including phenoxy) is 2. The molecule has 0 amide bonds. The number of carboxylic acids is 1. The summed E-state index contributed by atoms with van der Waals surface area (Å²) in [5, 5.41) is 10.8. The Bertz CT molecular complexity index is 1330. The number of fused-ring (bicyclic) bond motifs is 1. The van der Waals surface area contributed by atoms with Gasteiger partial charge in [0, 0.05) is 22.7 Å². The predicted octanol–water partition coefficient (Wildman–Crippen LogP) is 5.94. The van der Waals surface area contributed by atoms with Crippen LogP contribution < -0.4 is 4.74 Å².